The number of para-hydroxylation sites is 1. The molecule has 0 spiro atoms. The van der Waals surface area contributed by atoms with Crippen molar-refractivity contribution in [3.63, 3.8) is 0 Å². The summed E-state index contributed by atoms with van der Waals surface area (Å²) in [4.78, 5) is 0. The molecule has 2 N–H and O–H groups in total. The second-order valence-electron chi connectivity index (χ2n) is 4.92. The minimum atomic E-state index is -0.381. The van der Waals surface area contributed by atoms with Crippen LogP contribution in [-0.4, -0.2) is 26.7 Å². The lowest BCUT2D eigenvalue weighted by Crippen LogP contribution is -2.19. The number of fused-ring (bicyclic) bond motifs is 1. The van der Waals surface area contributed by atoms with E-state index < -0.39 is 0 Å². The Bertz CT molecular complexity index is 752. The van der Waals surface area contributed by atoms with Gasteiger partial charge >= 0.3 is 0 Å². The Labute approximate surface area is 123 Å². The van der Waals surface area contributed by atoms with Crippen LogP contribution in [0, 0.1) is 0 Å². The van der Waals surface area contributed by atoms with E-state index in [1.54, 1.807) is 13.3 Å². The molecule has 1 aromatic carbocycles. The van der Waals surface area contributed by atoms with E-state index in [0.717, 1.165) is 28.8 Å². The number of benzene rings is 1. The van der Waals surface area contributed by atoms with Crippen LogP contribution < -0.4 is 10.5 Å². The number of ether oxygens (including phenoxy) is 1. The minimum absolute atomic E-state index is 0.381. The number of nitrogens with zero attached hydrogens (tertiary/aromatic N) is 4. The smallest absolute Gasteiger partial charge is 0.161 e. The van der Waals surface area contributed by atoms with Crippen LogP contribution in [0.5, 0.6) is 5.75 Å². The summed E-state index contributed by atoms with van der Waals surface area (Å²) in [5.41, 5.74) is 9.22. The summed E-state index contributed by atoms with van der Waals surface area (Å²) in [6.07, 6.45) is 1.70. The van der Waals surface area contributed by atoms with Crippen LogP contribution in [-0.2, 0) is 13.6 Å². The molecular formula is C15H19N5O. The Hall–Kier alpha value is -2.34. The predicted octanol–water partition coefficient (Wildman–Crippen LogP) is 1.85. The fraction of sp³-hybridized carbons (Fsp3) is 0.333. The number of aromatic nitrogens is 4. The van der Waals surface area contributed by atoms with Crippen molar-refractivity contribution in [1.82, 2.24) is 19.6 Å². The second kappa shape index (κ2) is 5.21. The summed E-state index contributed by atoms with van der Waals surface area (Å²) < 4.78 is 9.10. The van der Waals surface area contributed by atoms with Gasteiger partial charge in [0.1, 0.15) is 5.69 Å². The molecule has 0 aliphatic heterocycles. The first-order valence-electron chi connectivity index (χ1n) is 6.94. The molecule has 6 heteroatoms. The third-order valence-electron chi connectivity index (χ3n) is 3.74. The van der Waals surface area contributed by atoms with Gasteiger partial charge in [0.05, 0.1) is 30.6 Å². The fourth-order valence-corrected chi connectivity index (χ4v) is 2.70. The van der Waals surface area contributed by atoms with Crippen LogP contribution in [0.15, 0.2) is 30.5 Å². The van der Waals surface area contributed by atoms with Crippen molar-refractivity contribution in [2.45, 2.75) is 19.5 Å². The Balaban J connectivity index is 2.17. The molecular weight excluding hydrogens is 266 g/mol. The zero-order chi connectivity index (χ0) is 15.0. The van der Waals surface area contributed by atoms with E-state index in [1.165, 1.54) is 0 Å². The van der Waals surface area contributed by atoms with Gasteiger partial charge in [0.2, 0.25) is 0 Å². The average Bonchev–Trinajstić information content (AvgIpc) is 3.08. The first-order valence-corrected chi connectivity index (χ1v) is 6.94. The van der Waals surface area contributed by atoms with Crippen molar-refractivity contribution in [2.75, 3.05) is 7.11 Å². The summed E-state index contributed by atoms with van der Waals surface area (Å²) in [6.45, 7) is 2.76. The Morgan fingerprint density at radius 1 is 1.33 bits per heavy atom. The van der Waals surface area contributed by atoms with Gasteiger partial charge in [0, 0.05) is 19.0 Å². The van der Waals surface area contributed by atoms with Crippen LogP contribution in [0.25, 0.3) is 10.9 Å². The van der Waals surface area contributed by atoms with Gasteiger partial charge in [0.15, 0.2) is 5.75 Å². The van der Waals surface area contributed by atoms with Gasteiger partial charge in [-0.3, -0.25) is 9.36 Å². The van der Waals surface area contributed by atoms with Gasteiger partial charge in [-0.15, -0.1) is 0 Å². The molecule has 2 heterocycles. The molecule has 0 fully saturated rings. The zero-order valence-corrected chi connectivity index (χ0v) is 12.4. The van der Waals surface area contributed by atoms with Crippen molar-refractivity contribution in [1.29, 1.82) is 0 Å². The fourth-order valence-electron chi connectivity index (χ4n) is 2.70. The Kier molecular flexibility index (Phi) is 3.39. The monoisotopic (exact) mass is 285 g/mol. The average molecular weight is 285 g/mol. The summed E-state index contributed by atoms with van der Waals surface area (Å²) in [5, 5.41) is 9.96. The van der Waals surface area contributed by atoms with E-state index in [2.05, 4.69) is 10.2 Å². The topological polar surface area (TPSA) is 70.9 Å². The molecule has 3 rings (SSSR count). The van der Waals surface area contributed by atoms with Crippen molar-refractivity contribution >= 4 is 10.9 Å². The Morgan fingerprint density at radius 2 is 2.10 bits per heavy atom. The van der Waals surface area contributed by atoms with Crippen LogP contribution >= 0.6 is 0 Å². The highest BCUT2D eigenvalue weighted by Crippen LogP contribution is 2.31. The van der Waals surface area contributed by atoms with Crippen molar-refractivity contribution in [3.8, 4) is 5.75 Å². The molecule has 1 unspecified atom stereocenters. The summed E-state index contributed by atoms with van der Waals surface area (Å²) in [5.74, 6) is 0.694. The van der Waals surface area contributed by atoms with Crippen LogP contribution in [0.1, 0.15) is 24.4 Å². The highest BCUT2D eigenvalue weighted by Gasteiger charge is 2.24. The van der Waals surface area contributed by atoms with E-state index in [0.29, 0.717) is 5.75 Å². The molecule has 0 saturated carbocycles. The highest BCUT2D eigenvalue weighted by molar-refractivity contribution is 5.82. The van der Waals surface area contributed by atoms with E-state index in [1.807, 2.05) is 47.6 Å². The molecule has 0 aliphatic rings. The maximum absolute atomic E-state index is 6.48. The molecule has 0 bridgehead atoms. The third-order valence-corrected chi connectivity index (χ3v) is 3.74. The SMILES string of the molecule is CCn1ncc(OC)c1C(N)c1nn(C)c2ccccc12. The number of rotatable bonds is 4. The van der Waals surface area contributed by atoms with E-state index >= 15 is 0 Å². The number of aryl methyl sites for hydroxylation is 2. The first kappa shape index (κ1) is 13.6. The number of hydrogen-bond acceptors (Lipinski definition) is 4. The van der Waals surface area contributed by atoms with E-state index in [-0.39, 0.29) is 6.04 Å². The first-order chi connectivity index (χ1) is 10.2. The highest BCUT2D eigenvalue weighted by atomic mass is 16.5. The molecule has 0 radical (unpaired) electrons. The van der Waals surface area contributed by atoms with E-state index in [9.17, 15) is 0 Å². The summed E-state index contributed by atoms with van der Waals surface area (Å²) >= 11 is 0. The summed E-state index contributed by atoms with van der Waals surface area (Å²) in [6, 6.07) is 7.68. The largest absolute Gasteiger partial charge is 0.493 e. The van der Waals surface area contributed by atoms with Crippen LogP contribution in [0.4, 0.5) is 0 Å². The van der Waals surface area contributed by atoms with Gasteiger partial charge in [-0.05, 0) is 13.0 Å². The third kappa shape index (κ3) is 2.08. The number of hydrogen-bond donors (Lipinski definition) is 1. The molecule has 21 heavy (non-hydrogen) atoms. The number of methoxy groups -OCH3 is 1. The molecule has 1 atom stereocenters. The predicted molar refractivity (Wildman–Crippen MR) is 81.2 cm³/mol. The maximum Gasteiger partial charge on any atom is 0.161 e. The molecule has 6 nitrogen and oxygen atoms in total. The standard InChI is InChI=1S/C15H19N5O/c1-4-20-15(12(21-3)9-17-20)13(16)14-10-7-5-6-8-11(10)19(2)18-14/h5-9,13H,4,16H2,1-3H3. The van der Waals surface area contributed by atoms with Gasteiger partial charge in [-0.25, -0.2) is 0 Å². The molecule has 2 aromatic heterocycles. The van der Waals surface area contributed by atoms with Crippen molar-refractivity contribution < 1.29 is 4.74 Å². The van der Waals surface area contributed by atoms with Gasteiger partial charge in [-0.1, -0.05) is 18.2 Å². The lowest BCUT2D eigenvalue weighted by Gasteiger charge is -2.13. The molecule has 0 saturated heterocycles. The van der Waals surface area contributed by atoms with E-state index in [4.69, 9.17) is 10.5 Å². The minimum Gasteiger partial charge on any atom is -0.493 e. The zero-order valence-electron chi connectivity index (χ0n) is 12.4. The lowest BCUT2D eigenvalue weighted by molar-refractivity contribution is 0.404. The van der Waals surface area contributed by atoms with Gasteiger partial charge in [0.25, 0.3) is 0 Å². The van der Waals surface area contributed by atoms with Crippen molar-refractivity contribution in [3.05, 3.63) is 41.9 Å². The normalized spacial score (nSPS) is 12.8. The summed E-state index contributed by atoms with van der Waals surface area (Å²) in [7, 11) is 3.55. The lowest BCUT2D eigenvalue weighted by atomic mass is 10.1. The second-order valence-corrected chi connectivity index (χ2v) is 4.92. The van der Waals surface area contributed by atoms with Crippen LogP contribution in [0.2, 0.25) is 0 Å². The van der Waals surface area contributed by atoms with Gasteiger partial charge in [-0.2, -0.15) is 10.2 Å². The van der Waals surface area contributed by atoms with Gasteiger partial charge < -0.3 is 10.5 Å². The van der Waals surface area contributed by atoms with Crippen LogP contribution in [0.3, 0.4) is 0 Å². The quantitative estimate of drug-likeness (QED) is 0.794. The molecule has 110 valence electrons. The molecule has 3 aromatic rings. The number of nitrogens with two attached hydrogens (primary N) is 1. The Morgan fingerprint density at radius 3 is 2.81 bits per heavy atom. The molecule has 0 amide bonds. The molecule has 0 aliphatic carbocycles. The van der Waals surface area contributed by atoms with Crippen molar-refractivity contribution in [2.24, 2.45) is 12.8 Å². The maximum atomic E-state index is 6.48.